The molecular weight excluding hydrogens is 140 g/mol. The summed E-state index contributed by atoms with van der Waals surface area (Å²) in [5.74, 6) is 0.0338. The van der Waals surface area contributed by atoms with Crippen LogP contribution in [0.25, 0.3) is 0 Å². The highest BCUT2D eigenvalue weighted by Gasteiger charge is 2.00. The van der Waals surface area contributed by atoms with E-state index in [4.69, 9.17) is 4.74 Å². The normalized spacial score (nSPS) is 13.6. The SMILES string of the molecule is CC=CC(C=O)CCOCC. The van der Waals surface area contributed by atoms with E-state index in [0.29, 0.717) is 6.61 Å². The van der Waals surface area contributed by atoms with Crippen LogP contribution < -0.4 is 0 Å². The lowest BCUT2D eigenvalue weighted by atomic mass is 10.1. The van der Waals surface area contributed by atoms with E-state index >= 15 is 0 Å². The number of rotatable bonds is 6. The molecule has 0 spiro atoms. The minimum absolute atomic E-state index is 0.0338. The fraction of sp³-hybridized carbons (Fsp3) is 0.667. The summed E-state index contributed by atoms with van der Waals surface area (Å²) >= 11 is 0. The van der Waals surface area contributed by atoms with Gasteiger partial charge in [-0.15, -0.1) is 0 Å². The van der Waals surface area contributed by atoms with Crippen LogP contribution >= 0.6 is 0 Å². The van der Waals surface area contributed by atoms with E-state index in [9.17, 15) is 4.79 Å². The Morgan fingerprint density at radius 1 is 1.55 bits per heavy atom. The molecule has 0 heterocycles. The Kier molecular flexibility index (Phi) is 7.05. The van der Waals surface area contributed by atoms with Gasteiger partial charge < -0.3 is 9.53 Å². The second-order valence-corrected chi connectivity index (χ2v) is 2.31. The van der Waals surface area contributed by atoms with Gasteiger partial charge in [0.25, 0.3) is 0 Å². The Morgan fingerprint density at radius 3 is 2.73 bits per heavy atom. The first-order valence-corrected chi connectivity index (χ1v) is 4.01. The number of ether oxygens (including phenoxy) is 1. The zero-order valence-electron chi connectivity index (χ0n) is 7.25. The molecule has 0 aliphatic rings. The third-order valence-corrected chi connectivity index (χ3v) is 1.41. The summed E-state index contributed by atoms with van der Waals surface area (Å²) in [6, 6.07) is 0. The highest BCUT2D eigenvalue weighted by atomic mass is 16.5. The van der Waals surface area contributed by atoms with Crippen molar-refractivity contribution in [3.8, 4) is 0 Å². The zero-order valence-corrected chi connectivity index (χ0v) is 7.25. The van der Waals surface area contributed by atoms with Gasteiger partial charge in [-0.25, -0.2) is 0 Å². The second kappa shape index (κ2) is 7.48. The van der Waals surface area contributed by atoms with Crippen LogP contribution in [0.3, 0.4) is 0 Å². The Bertz CT molecular complexity index is 119. The topological polar surface area (TPSA) is 26.3 Å². The van der Waals surface area contributed by atoms with E-state index in [2.05, 4.69) is 0 Å². The Morgan fingerprint density at radius 2 is 2.27 bits per heavy atom. The third-order valence-electron chi connectivity index (χ3n) is 1.41. The quantitative estimate of drug-likeness (QED) is 0.333. The van der Waals surface area contributed by atoms with Gasteiger partial charge in [0, 0.05) is 19.1 Å². The number of carbonyl (C=O) groups excluding carboxylic acids is 1. The summed E-state index contributed by atoms with van der Waals surface area (Å²) in [5.41, 5.74) is 0. The largest absolute Gasteiger partial charge is 0.382 e. The molecule has 0 fully saturated rings. The van der Waals surface area contributed by atoms with Crippen molar-refractivity contribution in [3.05, 3.63) is 12.2 Å². The molecule has 2 heteroatoms. The number of hydrogen-bond donors (Lipinski definition) is 0. The standard InChI is InChI=1S/C9H16O2/c1-3-5-9(8-10)6-7-11-4-2/h3,5,8-9H,4,6-7H2,1-2H3. The summed E-state index contributed by atoms with van der Waals surface area (Å²) < 4.78 is 5.12. The van der Waals surface area contributed by atoms with Crippen LogP contribution in [0.2, 0.25) is 0 Å². The fourth-order valence-electron chi connectivity index (χ4n) is 0.821. The molecule has 0 aliphatic heterocycles. The highest BCUT2D eigenvalue weighted by molar-refractivity contribution is 5.56. The van der Waals surface area contributed by atoms with E-state index in [1.54, 1.807) is 0 Å². The van der Waals surface area contributed by atoms with Crippen LogP contribution in [-0.4, -0.2) is 19.5 Å². The average molecular weight is 156 g/mol. The molecule has 64 valence electrons. The van der Waals surface area contributed by atoms with Crippen molar-refractivity contribution in [2.24, 2.45) is 5.92 Å². The summed E-state index contributed by atoms with van der Waals surface area (Å²) in [7, 11) is 0. The summed E-state index contributed by atoms with van der Waals surface area (Å²) in [6.07, 6.45) is 5.54. The van der Waals surface area contributed by atoms with E-state index < -0.39 is 0 Å². The number of carbonyl (C=O) groups is 1. The molecule has 0 amide bonds. The zero-order chi connectivity index (χ0) is 8.53. The molecule has 11 heavy (non-hydrogen) atoms. The Hall–Kier alpha value is -0.630. The van der Waals surface area contributed by atoms with Gasteiger partial charge in [-0.1, -0.05) is 12.2 Å². The second-order valence-electron chi connectivity index (χ2n) is 2.31. The van der Waals surface area contributed by atoms with Crippen molar-refractivity contribution < 1.29 is 9.53 Å². The highest BCUT2D eigenvalue weighted by Crippen LogP contribution is 2.01. The molecule has 1 unspecified atom stereocenters. The van der Waals surface area contributed by atoms with Crippen LogP contribution in [0.15, 0.2) is 12.2 Å². The molecule has 2 nitrogen and oxygen atoms in total. The van der Waals surface area contributed by atoms with Crippen LogP contribution in [0.4, 0.5) is 0 Å². The van der Waals surface area contributed by atoms with Crippen molar-refractivity contribution >= 4 is 6.29 Å². The van der Waals surface area contributed by atoms with E-state index in [1.807, 2.05) is 26.0 Å². The van der Waals surface area contributed by atoms with E-state index in [0.717, 1.165) is 19.3 Å². The van der Waals surface area contributed by atoms with E-state index in [-0.39, 0.29) is 5.92 Å². The maximum Gasteiger partial charge on any atom is 0.126 e. The smallest absolute Gasteiger partial charge is 0.126 e. The number of aldehydes is 1. The van der Waals surface area contributed by atoms with Crippen molar-refractivity contribution in [1.82, 2.24) is 0 Å². The number of hydrogen-bond acceptors (Lipinski definition) is 2. The van der Waals surface area contributed by atoms with Crippen molar-refractivity contribution in [2.75, 3.05) is 13.2 Å². The van der Waals surface area contributed by atoms with Crippen molar-refractivity contribution in [3.63, 3.8) is 0 Å². The number of allylic oxidation sites excluding steroid dienone is 2. The van der Waals surface area contributed by atoms with Crippen molar-refractivity contribution in [2.45, 2.75) is 20.3 Å². The molecule has 0 aliphatic carbocycles. The van der Waals surface area contributed by atoms with Gasteiger partial charge in [0.15, 0.2) is 0 Å². The summed E-state index contributed by atoms with van der Waals surface area (Å²) in [5, 5.41) is 0. The van der Waals surface area contributed by atoms with E-state index in [1.165, 1.54) is 0 Å². The molecule has 0 aromatic rings. The molecule has 0 bridgehead atoms. The minimum atomic E-state index is 0.0338. The van der Waals surface area contributed by atoms with Gasteiger partial charge in [-0.3, -0.25) is 0 Å². The lowest BCUT2D eigenvalue weighted by Gasteiger charge is -2.03. The van der Waals surface area contributed by atoms with Gasteiger partial charge in [0.1, 0.15) is 6.29 Å². The van der Waals surface area contributed by atoms with Crippen LogP contribution in [0.5, 0.6) is 0 Å². The Labute approximate surface area is 68.2 Å². The third kappa shape index (κ3) is 5.80. The van der Waals surface area contributed by atoms with Gasteiger partial charge in [-0.05, 0) is 20.3 Å². The molecule has 1 atom stereocenters. The molecule has 0 rings (SSSR count). The monoisotopic (exact) mass is 156 g/mol. The molecule has 0 N–H and O–H groups in total. The van der Waals surface area contributed by atoms with Gasteiger partial charge in [0.05, 0.1) is 0 Å². The van der Waals surface area contributed by atoms with Crippen LogP contribution in [0, 0.1) is 5.92 Å². The molecule has 0 saturated carbocycles. The molecule has 0 aromatic carbocycles. The molecule has 0 aromatic heterocycles. The average Bonchev–Trinajstić information content (AvgIpc) is 2.03. The first-order valence-electron chi connectivity index (χ1n) is 4.01. The first kappa shape index (κ1) is 10.4. The molecular formula is C9H16O2. The van der Waals surface area contributed by atoms with Crippen LogP contribution in [-0.2, 0) is 9.53 Å². The molecule has 0 radical (unpaired) electrons. The lowest BCUT2D eigenvalue weighted by molar-refractivity contribution is -0.110. The van der Waals surface area contributed by atoms with Gasteiger partial charge in [0.2, 0.25) is 0 Å². The van der Waals surface area contributed by atoms with Crippen LogP contribution in [0.1, 0.15) is 20.3 Å². The summed E-state index contributed by atoms with van der Waals surface area (Å²) in [4.78, 5) is 10.4. The summed E-state index contributed by atoms with van der Waals surface area (Å²) in [6.45, 7) is 5.26. The predicted octanol–water partition coefficient (Wildman–Crippen LogP) is 1.80. The minimum Gasteiger partial charge on any atom is -0.382 e. The maximum absolute atomic E-state index is 10.4. The maximum atomic E-state index is 10.4. The lowest BCUT2D eigenvalue weighted by Crippen LogP contribution is -2.03. The van der Waals surface area contributed by atoms with Gasteiger partial charge in [-0.2, -0.15) is 0 Å². The Balaban J connectivity index is 3.44. The molecule has 0 saturated heterocycles. The van der Waals surface area contributed by atoms with Gasteiger partial charge >= 0.3 is 0 Å². The van der Waals surface area contributed by atoms with Crippen molar-refractivity contribution in [1.29, 1.82) is 0 Å². The fourth-order valence-corrected chi connectivity index (χ4v) is 0.821. The first-order chi connectivity index (χ1) is 5.35. The predicted molar refractivity (Wildman–Crippen MR) is 45.5 cm³/mol.